The molecule has 2 aromatic rings. The van der Waals surface area contributed by atoms with Gasteiger partial charge >= 0.3 is 0 Å². The predicted molar refractivity (Wildman–Crippen MR) is 84.8 cm³/mol. The Morgan fingerprint density at radius 2 is 1.65 bits per heavy atom. The molecule has 1 heteroatoms. The molecule has 1 saturated heterocycles. The number of benzene rings is 2. The van der Waals surface area contributed by atoms with E-state index in [2.05, 4.69) is 73.3 Å². The first-order valence-corrected chi connectivity index (χ1v) is 7.56. The largest absolute Gasteiger partial charge is 0.298 e. The van der Waals surface area contributed by atoms with E-state index in [1.165, 1.54) is 29.8 Å². The van der Waals surface area contributed by atoms with E-state index < -0.39 is 0 Å². The van der Waals surface area contributed by atoms with Crippen LogP contribution in [0.4, 0.5) is 0 Å². The Morgan fingerprint density at radius 3 is 2.40 bits per heavy atom. The van der Waals surface area contributed by atoms with Crippen molar-refractivity contribution in [1.82, 2.24) is 4.90 Å². The van der Waals surface area contributed by atoms with Gasteiger partial charge in [0.25, 0.3) is 0 Å². The molecule has 1 fully saturated rings. The lowest BCUT2D eigenvalue weighted by Gasteiger charge is -2.18. The Morgan fingerprint density at radius 1 is 0.950 bits per heavy atom. The molecule has 0 spiro atoms. The Balaban J connectivity index is 1.73. The molecule has 1 nitrogen and oxygen atoms in total. The minimum Gasteiger partial charge on any atom is -0.298 e. The molecular formula is C19H23N. The molecule has 1 aliphatic rings. The first-order chi connectivity index (χ1) is 9.74. The quantitative estimate of drug-likeness (QED) is 0.802. The van der Waals surface area contributed by atoms with Gasteiger partial charge in [0.2, 0.25) is 0 Å². The van der Waals surface area contributed by atoms with Crippen LogP contribution in [0.25, 0.3) is 0 Å². The first kappa shape index (κ1) is 13.4. The fourth-order valence-corrected chi connectivity index (χ4v) is 3.45. The van der Waals surface area contributed by atoms with Crippen LogP contribution in [0.15, 0.2) is 54.6 Å². The summed E-state index contributed by atoms with van der Waals surface area (Å²) in [5.41, 5.74) is 4.40. The smallest absolute Gasteiger partial charge is 0.0234 e. The van der Waals surface area contributed by atoms with E-state index in [9.17, 15) is 0 Å². The van der Waals surface area contributed by atoms with E-state index in [1.807, 2.05) is 0 Å². The van der Waals surface area contributed by atoms with Gasteiger partial charge in [-0.25, -0.2) is 0 Å². The van der Waals surface area contributed by atoms with Crippen LogP contribution in [-0.4, -0.2) is 18.0 Å². The third-order valence-corrected chi connectivity index (χ3v) is 4.52. The summed E-state index contributed by atoms with van der Waals surface area (Å²) in [6, 6.07) is 19.7. The number of rotatable bonds is 3. The number of hydrogen-bond donors (Lipinski definition) is 0. The second kappa shape index (κ2) is 5.80. The Labute approximate surface area is 122 Å². The highest BCUT2D eigenvalue weighted by Gasteiger charge is 2.31. The van der Waals surface area contributed by atoms with Crippen LogP contribution in [0.1, 0.15) is 29.5 Å². The van der Waals surface area contributed by atoms with Crippen LogP contribution in [-0.2, 0) is 6.54 Å². The highest BCUT2D eigenvalue weighted by Crippen LogP contribution is 2.34. The lowest BCUT2D eigenvalue weighted by molar-refractivity contribution is 0.319. The van der Waals surface area contributed by atoms with Gasteiger partial charge in [0.15, 0.2) is 0 Å². The van der Waals surface area contributed by atoms with Gasteiger partial charge in [-0.05, 0) is 29.5 Å². The van der Waals surface area contributed by atoms with Gasteiger partial charge in [-0.15, -0.1) is 0 Å². The van der Waals surface area contributed by atoms with Gasteiger partial charge in [0, 0.05) is 25.6 Å². The highest BCUT2D eigenvalue weighted by molar-refractivity contribution is 5.31. The van der Waals surface area contributed by atoms with Gasteiger partial charge in [0.05, 0.1) is 0 Å². The maximum Gasteiger partial charge on any atom is 0.0234 e. The SMILES string of the molecule is Cc1ccccc1C1CN(Cc2ccccc2)CC1C. The molecule has 3 rings (SSSR count). The number of aryl methyl sites for hydroxylation is 1. The van der Waals surface area contributed by atoms with Crippen LogP contribution >= 0.6 is 0 Å². The Kier molecular flexibility index (Phi) is 3.88. The molecule has 1 aliphatic heterocycles. The lowest BCUT2D eigenvalue weighted by Crippen LogP contribution is -2.20. The first-order valence-electron chi connectivity index (χ1n) is 7.56. The average molecular weight is 265 g/mol. The molecule has 2 atom stereocenters. The highest BCUT2D eigenvalue weighted by atomic mass is 15.1. The fourth-order valence-electron chi connectivity index (χ4n) is 3.45. The molecule has 2 unspecified atom stereocenters. The number of nitrogens with zero attached hydrogens (tertiary/aromatic N) is 1. The fraction of sp³-hybridized carbons (Fsp3) is 0.368. The summed E-state index contributed by atoms with van der Waals surface area (Å²) in [7, 11) is 0. The van der Waals surface area contributed by atoms with Crippen molar-refractivity contribution in [2.45, 2.75) is 26.3 Å². The van der Waals surface area contributed by atoms with Crippen molar-refractivity contribution in [1.29, 1.82) is 0 Å². The van der Waals surface area contributed by atoms with Gasteiger partial charge in [-0.1, -0.05) is 61.5 Å². The van der Waals surface area contributed by atoms with Crippen molar-refractivity contribution in [3.63, 3.8) is 0 Å². The monoisotopic (exact) mass is 265 g/mol. The molecular weight excluding hydrogens is 242 g/mol. The van der Waals surface area contributed by atoms with Gasteiger partial charge < -0.3 is 0 Å². The molecule has 0 amide bonds. The van der Waals surface area contributed by atoms with Crippen molar-refractivity contribution in [3.05, 3.63) is 71.3 Å². The molecule has 0 radical (unpaired) electrons. The number of hydrogen-bond acceptors (Lipinski definition) is 1. The van der Waals surface area contributed by atoms with Crippen molar-refractivity contribution in [3.8, 4) is 0 Å². The summed E-state index contributed by atoms with van der Waals surface area (Å²) < 4.78 is 0. The lowest BCUT2D eigenvalue weighted by atomic mass is 9.88. The molecule has 0 N–H and O–H groups in total. The van der Waals surface area contributed by atoms with Crippen LogP contribution in [0, 0.1) is 12.8 Å². The van der Waals surface area contributed by atoms with E-state index >= 15 is 0 Å². The van der Waals surface area contributed by atoms with E-state index in [-0.39, 0.29) is 0 Å². The average Bonchev–Trinajstić information content (AvgIpc) is 2.81. The van der Waals surface area contributed by atoms with Crippen LogP contribution in [0.5, 0.6) is 0 Å². The van der Waals surface area contributed by atoms with Crippen LogP contribution in [0.2, 0.25) is 0 Å². The molecule has 0 saturated carbocycles. The van der Waals surface area contributed by atoms with Crippen LogP contribution in [0.3, 0.4) is 0 Å². The molecule has 20 heavy (non-hydrogen) atoms. The zero-order chi connectivity index (χ0) is 13.9. The normalized spacial score (nSPS) is 23.1. The standard InChI is InChI=1S/C19H23N/c1-15-8-6-7-11-18(15)19-14-20(12-16(19)2)13-17-9-4-3-5-10-17/h3-11,16,19H,12-14H2,1-2H3. The number of likely N-dealkylation sites (tertiary alicyclic amines) is 1. The molecule has 2 aromatic carbocycles. The van der Waals surface area contributed by atoms with E-state index in [0.717, 1.165) is 12.5 Å². The van der Waals surface area contributed by atoms with Crippen molar-refractivity contribution >= 4 is 0 Å². The molecule has 104 valence electrons. The molecule has 0 aliphatic carbocycles. The summed E-state index contributed by atoms with van der Waals surface area (Å²) in [4.78, 5) is 2.59. The summed E-state index contributed by atoms with van der Waals surface area (Å²) in [5, 5.41) is 0. The third-order valence-electron chi connectivity index (χ3n) is 4.52. The topological polar surface area (TPSA) is 3.24 Å². The van der Waals surface area contributed by atoms with E-state index in [1.54, 1.807) is 0 Å². The van der Waals surface area contributed by atoms with E-state index in [4.69, 9.17) is 0 Å². The molecule has 0 bridgehead atoms. The predicted octanol–water partition coefficient (Wildman–Crippen LogP) is 4.23. The Hall–Kier alpha value is -1.60. The van der Waals surface area contributed by atoms with Crippen molar-refractivity contribution < 1.29 is 0 Å². The van der Waals surface area contributed by atoms with Gasteiger partial charge in [0.1, 0.15) is 0 Å². The summed E-state index contributed by atoms with van der Waals surface area (Å²) in [5.74, 6) is 1.42. The Bertz CT molecular complexity index is 561. The summed E-state index contributed by atoms with van der Waals surface area (Å²) >= 11 is 0. The maximum absolute atomic E-state index is 2.59. The summed E-state index contributed by atoms with van der Waals surface area (Å²) in [6.45, 7) is 8.09. The second-order valence-electron chi connectivity index (χ2n) is 6.12. The zero-order valence-corrected chi connectivity index (χ0v) is 12.4. The van der Waals surface area contributed by atoms with E-state index in [0.29, 0.717) is 5.92 Å². The van der Waals surface area contributed by atoms with Gasteiger partial charge in [-0.2, -0.15) is 0 Å². The molecule has 0 aromatic heterocycles. The van der Waals surface area contributed by atoms with Gasteiger partial charge in [-0.3, -0.25) is 4.90 Å². The summed E-state index contributed by atoms with van der Waals surface area (Å²) in [6.07, 6.45) is 0. The van der Waals surface area contributed by atoms with Crippen LogP contribution < -0.4 is 0 Å². The minimum atomic E-state index is 0.680. The molecule has 1 heterocycles. The third kappa shape index (κ3) is 2.78. The maximum atomic E-state index is 2.59. The minimum absolute atomic E-state index is 0.680. The zero-order valence-electron chi connectivity index (χ0n) is 12.4. The van der Waals surface area contributed by atoms with Crippen molar-refractivity contribution in [2.75, 3.05) is 13.1 Å². The second-order valence-corrected chi connectivity index (χ2v) is 6.12. The van der Waals surface area contributed by atoms with Crippen molar-refractivity contribution in [2.24, 2.45) is 5.92 Å².